The van der Waals surface area contributed by atoms with Gasteiger partial charge in [0.1, 0.15) is 6.26 Å². The molecule has 0 amide bonds. The quantitative estimate of drug-likeness (QED) is 0.511. The summed E-state index contributed by atoms with van der Waals surface area (Å²) >= 11 is 0. The van der Waals surface area contributed by atoms with Crippen molar-refractivity contribution < 1.29 is 12.6 Å². The fourth-order valence-electron chi connectivity index (χ4n) is 1.41. The summed E-state index contributed by atoms with van der Waals surface area (Å²) in [6.07, 6.45) is 6.68. The van der Waals surface area contributed by atoms with Crippen LogP contribution in [-0.2, 0) is 14.3 Å². The molecule has 0 aromatic heterocycles. The first-order chi connectivity index (χ1) is 5.97. The van der Waals surface area contributed by atoms with E-state index in [4.69, 9.17) is 0 Å². The zero-order valence-corrected chi connectivity index (χ0v) is 8.93. The van der Waals surface area contributed by atoms with Gasteiger partial charge in [-0.1, -0.05) is 6.92 Å². The van der Waals surface area contributed by atoms with Gasteiger partial charge in [-0.25, -0.2) is 0 Å². The lowest BCUT2D eigenvalue weighted by atomic mass is 9.88. The Morgan fingerprint density at radius 2 is 1.92 bits per heavy atom. The second kappa shape index (κ2) is 4.13. The SMILES string of the molecule is CC1CCC(=COS(C)(=O)=O)CC1. The molecule has 0 radical (unpaired) electrons. The third kappa shape index (κ3) is 4.31. The summed E-state index contributed by atoms with van der Waals surface area (Å²) in [5, 5.41) is 0. The molecule has 3 nitrogen and oxygen atoms in total. The predicted molar refractivity (Wildman–Crippen MR) is 51.6 cm³/mol. The highest BCUT2D eigenvalue weighted by Gasteiger charge is 2.12. The highest BCUT2D eigenvalue weighted by Crippen LogP contribution is 2.27. The van der Waals surface area contributed by atoms with Crippen molar-refractivity contribution in [1.29, 1.82) is 0 Å². The van der Waals surface area contributed by atoms with Crippen LogP contribution >= 0.6 is 0 Å². The Bertz CT molecular complexity index is 280. The summed E-state index contributed by atoms with van der Waals surface area (Å²) in [7, 11) is -3.31. The predicted octanol–water partition coefficient (Wildman–Crippen LogP) is 2.06. The lowest BCUT2D eigenvalue weighted by Gasteiger charge is -2.19. The Balaban J connectivity index is 2.45. The van der Waals surface area contributed by atoms with E-state index < -0.39 is 10.1 Å². The summed E-state index contributed by atoms with van der Waals surface area (Å²) in [5.41, 5.74) is 1.11. The zero-order valence-electron chi connectivity index (χ0n) is 8.12. The summed E-state index contributed by atoms with van der Waals surface area (Å²) < 4.78 is 26.0. The van der Waals surface area contributed by atoms with E-state index in [1.807, 2.05) is 0 Å². The van der Waals surface area contributed by atoms with Gasteiger partial charge in [0, 0.05) is 0 Å². The fourth-order valence-corrected chi connectivity index (χ4v) is 1.72. The van der Waals surface area contributed by atoms with Gasteiger partial charge in [0.05, 0.1) is 6.26 Å². The Kier molecular flexibility index (Phi) is 3.36. The molecule has 1 rings (SSSR count). The monoisotopic (exact) mass is 204 g/mol. The molecule has 0 heterocycles. The van der Waals surface area contributed by atoms with Gasteiger partial charge < -0.3 is 4.18 Å². The van der Waals surface area contributed by atoms with E-state index in [1.54, 1.807) is 0 Å². The van der Waals surface area contributed by atoms with Crippen LogP contribution in [-0.4, -0.2) is 14.7 Å². The van der Waals surface area contributed by atoms with Crippen molar-refractivity contribution in [3.05, 3.63) is 11.8 Å². The molecule has 0 N–H and O–H groups in total. The van der Waals surface area contributed by atoms with E-state index in [9.17, 15) is 8.42 Å². The van der Waals surface area contributed by atoms with Gasteiger partial charge in [0.15, 0.2) is 0 Å². The molecule has 0 unspecified atom stereocenters. The van der Waals surface area contributed by atoms with Gasteiger partial charge in [0.2, 0.25) is 0 Å². The lowest BCUT2D eigenvalue weighted by Crippen LogP contribution is -2.05. The first-order valence-corrected chi connectivity index (χ1v) is 6.35. The molecule has 1 aliphatic carbocycles. The van der Waals surface area contributed by atoms with Crippen LogP contribution in [0.4, 0.5) is 0 Å². The first-order valence-electron chi connectivity index (χ1n) is 4.53. The summed E-state index contributed by atoms with van der Waals surface area (Å²) in [5.74, 6) is 0.760. The summed E-state index contributed by atoms with van der Waals surface area (Å²) in [4.78, 5) is 0. The standard InChI is InChI=1S/C9H16O3S/c1-8-3-5-9(6-4-8)7-12-13(2,10)11/h7-8H,3-6H2,1-2H3. The number of hydrogen-bond acceptors (Lipinski definition) is 3. The topological polar surface area (TPSA) is 43.4 Å². The highest BCUT2D eigenvalue weighted by atomic mass is 32.2. The maximum Gasteiger partial charge on any atom is 0.305 e. The number of allylic oxidation sites excluding steroid dienone is 1. The average molecular weight is 204 g/mol. The summed E-state index contributed by atoms with van der Waals surface area (Å²) in [6.45, 7) is 2.22. The molecule has 0 atom stereocenters. The van der Waals surface area contributed by atoms with Crippen LogP contribution in [0.25, 0.3) is 0 Å². The molecule has 1 fully saturated rings. The number of hydrogen-bond donors (Lipinski definition) is 0. The molecular weight excluding hydrogens is 188 g/mol. The van der Waals surface area contributed by atoms with E-state index in [0.29, 0.717) is 0 Å². The molecular formula is C9H16O3S. The van der Waals surface area contributed by atoms with Gasteiger partial charge >= 0.3 is 10.1 Å². The molecule has 0 aromatic rings. The van der Waals surface area contributed by atoms with E-state index in [0.717, 1.165) is 43.4 Å². The van der Waals surface area contributed by atoms with Gasteiger partial charge in [-0.2, -0.15) is 8.42 Å². The molecule has 0 aromatic carbocycles. The molecule has 4 heteroatoms. The molecule has 0 saturated heterocycles. The smallest absolute Gasteiger partial charge is 0.305 e. The van der Waals surface area contributed by atoms with Crippen LogP contribution in [0.5, 0.6) is 0 Å². The van der Waals surface area contributed by atoms with Crippen LogP contribution in [0, 0.1) is 5.92 Å². The minimum absolute atomic E-state index is 0.760. The Morgan fingerprint density at radius 3 is 2.38 bits per heavy atom. The highest BCUT2D eigenvalue weighted by molar-refractivity contribution is 7.86. The first kappa shape index (κ1) is 10.6. The van der Waals surface area contributed by atoms with Gasteiger partial charge in [-0.15, -0.1) is 0 Å². The van der Waals surface area contributed by atoms with E-state index >= 15 is 0 Å². The second-order valence-corrected chi connectivity index (χ2v) is 5.36. The van der Waals surface area contributed by atoms with Crippen LogP contribution in [0.2, 0.25) is 0 Å². The van der Waals surface area contributed by atoms with Crippen molar-refractivity contribution in [1.82, 2.24) is 0 Å². The third-order valence-corrected chi connectivity index (χ3v) is 2.75. The van der Waals surface area contributed by atoms with Crippen molar-refractivity contribution in [3.63, 3.8) is 0 Å². The van der Waals surface area contributed by atoms with Crippen LogP contribution < -0.4 is 0 Å². The van der Waals surface area contributed by atoms with Gasteiger partial charge in [-0.3, -0.25) is 0 Å². The third-order valence-electron chi connectivity index (χ3n) is 2.31. The normalized spacial score (nSPS) is 24.2. The molecule has 76 valence electrons. The van der Waals surface area contributed by atoms with E-state index in [-0.39, 0.29) is 0 Å². The van der Waals surface area contributed by atoms with Crippen molar-refractivity contribution in [2.75, 3.05) is 6.26 Å². The van der Waals surface area contributed by atoms with Gasteiger partial charge in [0.25, 0.3) is 0 Å². The minimum Gasteiger partial charge on any atom is -0.391 e. The molecule has 1 saturated carbocycles. The van der Waals surface area contributed by atoms with E-state index in [2.05, 4.69) is 11.1 Å². The number of rotatable bonds is 2. The van der Waals surface area contributed by atoms with Crippen molar-refractivity contribution in [2.24, 2.45) is 5.92 Å². The zero-order chi connectivity index (χ0) is 9.90. The molecule has 13 heavy (non-hydrogen) atoms. The van der Waals surface area contributed by atoms with Crippen LogP contribution in [0.1, 0.15) is 32.6 Å². The minimum atomic E-state index is -3.31. The molecule has 0 aliphatic heterocycles. The second-order valence-electron chi connectivity index (χ2n) is 3.76. The maximum atomic E-state index is 10.7. The average Bonchev–Trinajstić information content (AvgIpc) is 2.02. The molecule has 0 bridgehead atoms. The van der Waals surface area contributed by atoms with Crippen LogP contribution in [0.15, 0.2) is 11.8 Å². The Morgan fingerprint density at radius 1 is 1.38 bits per heavy atom. The Hall–Kier alpha value is -0.510. The van der Waals surface area contributed by atoms with Crippen LogP contribution in [0.3, 0.4) is 0 Å². The fraction of sp³-hybridized carbons (Fsp3) is 0.778. The van der Waals surface area contributed by atoms with Crippen molar-refractivity contribution in [2.45, 2.75) is 32.6 Å². The van der Waals surface area contributed by atoms with Gasteiger partial charge in [-0.05, 0) is 37.2 Å². The molecule has 1 aliphatic rings. The Labute approximate surface area is 79.9 Å². The summed E-state index contributed by atoms with van der Waals surface area (Å²) in [6, 6.07) is 0. The molecule has 0 spiro atoms. The van der Waals surface area contributed by atoms with Crippen molar-refractivity contribution >= 4 is 10.1 Å². The lowest BCUT2D eigenvalue weighted by molar-refractivity contribution is 0.411. The largest absolute Gasteiger partial charge is 0.391 e. The van der Waals surface area contributed by atoms with E-state index in [1.165, 1.54) is 6.26 Å². The van der Waals surface area contributed by atoms with Crippen molar-refractivity contribution in [3.8, 4) is 0 Å². The maximum absolute atomic E-state index is 10.7.